The van der Waals surface area contributed by atoms with Crippen LogP contribution in [0.1, 0.15) is 28.3 Å². The van der Waals surface area contributed by atoms with E-state index in [0.29, 0.717) is 16.5 Å². The lowest BCUT2D eigenvalue weighted by Gasteiger charge is -2.25. The highest BCUT2D eigenvalue weighted by Crippen LogP contribution is 2.44. The fourth-order valence-electron chi connectivity index (χ4n) is 3.39. The first kappa shape index (κ1) is 17.2. The third-order valence-corrected chi connectivity index (χ3v) is 4.93. The highest BCUT2D eigenvalue weighted by atomic mass is 35.5. The SMILES string of the molecule is Cc1ccc([C@@H]2C(C#N)=C(N)Oc3c2c(C)nn3-c2cccc(Cl)c2)cc1. The Bertz CT molecular complexity index is 1110. The molecule has 0 bridgehead atoms. The smallest absolute Gasteiger partial charge is 0.229 e. The summed E-state index contributed by atoms with van der Waals surface area (Å²) in [4.78, 5) is 0. The Morgan fingerprint density at radius 3 is 2.59 bits per heavy atom. The quantitative estimate of drug-likeness (QED) is 0.720. The predicted molar refractivity (Wildman–Crippen MR) is 104 cm³/mol. The van der Waals surface area contributed by atoms with Crippen LogP contribution in [0.5, 0.6) is 5.88 Å². The first-order chi connectivity index (χ1) is 13.0. The molecule has 0 amide bonds. The summed E-state index contributed by atoms with van der Waals surface area (Å²) >= 11 is 6.14. The van der Waals surface area contributed by atoms with Gasteiger partial charge < -0.3 is 10.5 Å². The molecule has 1 aliphatic rings. The fraction of sp³-hybridized carbons (Fsp3) is 0.143. The number of nitriles is 1. The molecule has 0 spiro atoms. The first-order valence-electron chi connectivity index (χ1n) is 8.49. The molecule has 0 saturated carbocycles. The van der Waals surface area contributed by atoms with Crippen LogP contribution in [0.25, 0.3) is 5.69 Å². The molecule has 1 aromatic heterocycles. The molecule has 1 atom stereocenters. The maximum absolute atomic E-state index is 9.71. The summed E-state index contributed by atoms with van der Waals surface area (Å²) in [6.45, 7) is 3.93. The third-order valence-electron chi connectivity index (χ3n) is 4.70. The van der Waals surface area contributed by atoms with Gasteiger partial charge in [0.1, 0.15) is 11.6 Å². The molecule has 0 fully saturated rings. The van der Waals surface area contributed by atoms with Gasteiger partial charge in [0.2, 0.25) is 11.8 Å². The zero-order valence-electron chi connectivity index (χ0n) is 14.9. The molecule has 4 rings (SSSR count). The topological polar surface area (TPSA) is 76.9 Å². The van der Waals surface area contributed by atoms with Crippen molar-refractivity contribution in [3.63, 3.8) is 0 Å². The second-order valence-corrected chi connectivity index (χ2v) is 6.97. The van der Waals surface area contributed by atoms with E-state index in [1.165, 1.54) is 0 Å². The van der Waals surface area contributed by atoms with E-state index < -0.39 is 0 Å². The monoisotopic (exact) mass is 376 g/mol. The number of hydrogen-bond acceptors (Lipinski definition) is 4. The zero-order chi connectivity index (χ0) is 19.1. The molecule has 0 aliphatic carbocycles. The third kappa shape index (κ3) is 2.84. The van der Waals surface area contributed by atoms with Crippen molar-refractivity contribution in [2.75, 3.05) is 0 Å². The number of nitrogens with two attached hydrogens (primary N) is 1. The van der Waals surface area contributed by atoms with Crippen LogP contribution in [0.4, 0.5) is 0 Å². The number of benzene rings is 2. The molecule has 0 radical (unpaired) electrons. The Morgan fingerprint density at radius 2 is 1.93 bits per heavy atom. The average Bonchev–Trinajstić information content (AvgIpc) is 2.97. The Morgan fingerprint density at radius 1 is 1.19 bits per heavy atom. The molecule has 3 aromatic rings. The molecule has 2 N–H and O–H groups in total. The highest BCUT2D eigenvalue weighted by Gasteiger charge is 2.36. The number of allylic oxidation sites excluding steroid dienone is 1. The van der Waals surface area contributed by atoms with Crippen molar-refractivity contribution in [2.24, 2.45) is 5.73 Å². The van der Waals surface area contributed by atoms with Gasteiger partial charge in [0, 0.05) is 5.02 Å². The van der Waals surface area contributed by atoms with Crippen molar-refractivity contribution in [1.82, 2.24) is 9.78 Å². The van der Waals surface area contributed by atoms with E-state index in [1.54, 1.807) is 16.8 Å². The van der Waals surface area contributed by atoms with E-state index in [1.807, 2.05) is 50.2 Å². The predicted octanol–water partition coefficient (Wildman–Crippen LogP) is 4.36. The van der Waals surface area contributed by atoms with Gasteiger partial charge in [-0.05, 0) is 37.6 Å². The lowest BCUT2D eigenvalue weighted by atomic mass is 9.84. The van der Waals surface area contributed by atoms with Crippen LogP contribution >= 0.6 is 11.6 Å². The number of nitrogens with zero attached hydrogens (tertiary/aromatic N) is 3. The molecule has 6 heteroatoms. The summed E-state index contributed by atoms with van der Waals surface area (Å²) in [7, 11) is 0. The molecule has 0 unspecified atom stereocenters. The summed E-state index contributed by atoms with van der Waals surface area (Å²) in [5, 5.41) is 15.0. The van der Waals surface area contributed by atoms with Gasteiger partial charge >= 0.3 is 0 Å². The van der Waals surface area contributed by atoms with Gasteiger partial charge in [0.25, 0.3) is 0 Å². The van der Waals surface area contributed by atoms with Crippen molar-refractivity contribution in [3.05, 3.63) is 87.4 Å². The lowest BCUT2D eigenvalue weighted by molar-refractivity contribution is 0.367. The van der Waals surface area contributed by atoms with E-state index in [0.717, 1.165) is 28.1 Å². The summed E-state index contributed by atoms with van der Waals surface area (Å²) in [6.07, 6.45) is 0. The minimum Gasteiger partial charge on any atom is -0.422 e. The molecule has 2 aromatic carbocycles. The van der Waals surface area contributed by atoms with Gasteiger partial charge in [-0.2, -0.15) is 10.4 Å². The Hall–Kier alpha value is -3.23. The largest absolute Gasteiger partial charge is 0.422 e. The molecule has 0 saturated heterocycles. The fourth-order valence-corrected chi connectivity index (χ4v) is 3.57. The molecule has 2 heterocycles. The van der Waals surface area contributed by atoms with E-state index in [-0.39, 0.29) is 11.8 Å². The summed E-state index contributed by atoms with van der Waals surface area (Å²) in [6, 6.07) is 17.6. The number of fused-ring (bicyclic) bond motifs is 1. The van der Waals surface area contributed by atoms with Gasteiger partial charge in [-0.1, -0.05) is 47.5 Å². The first-order valence-corrected chi connectivity index (χ1v) is 8.87. The number of halogens is 1. The summed E-state index contributed by atoms with van der Waals surface area (Å²) < 4.78 is 7.53. The van der Waals surface area contributed by atoms with Gasteiger partial charge in [-0.15, -0.1) is 0 Å². The lowest BCUT2D eigenvalue weighted by Crippen LogP contribution is -2.22. The summed E-state index contributed by atoms with van der Waals surface area (Å²) in [5.74, 6) is 0.280. The molecule has 27 heavy (non-hydrogen) atoms. The van der Waals surface area contributed by atoms with Crippen molar-refractivity contribution in [1.29, 1.82) is 5.26 Å². The molecular weight excluding hydrogens is 360 g/mol. The number of hydrogen-bond donors (Lipinski definition) is 1. The number of rotatable bonds is 2. The van der Waals surface area contributed by atoms with Crippen LogP contribution in [0.2, 0.25) is 5.02 Å². The number of aryl methyl sites for hydroxylation is 2. The second kappa shape index (κ2) is 6.49. The highest BCUT2D eigenvalue weighted by molar-refractivity contribution is 6.30. The van der Waals surface area contributed by atoms with Crippen LogP contribution in [-0.4, -0.2) is 9.78 Å². The van der Waals surface area contributed by atoms with Crippen molar-refractivity contribution in [2.45, 2.75) is 19.8 Å². The van der Waals surface area contributed by atoms with E-state index in [2.05, 4.69) is 11.2 Å². The van der Waals surface area contributed by atoms with Crippen molar-refractivity contribution in [3.8, 4) is 17.6 Å². The maximum Gasteiger partial charge on any atom is 0.229 e. The van der Waals surface area contributed by atoms with Crippen LogP contribution < -0.4 is 10.5 Å². The zero-order valence-corrected chi connectivity index (χ0v) is 15.7. The van der Waals surface area contributed by atoms with E-state index in [4.69, 9.17) is 22.1 Å². The van der Waals surface area contributed by atoms with Crippen LogP contribution in [0, 0.1) is 25.2 Å². The Kier molecular flexibility index (Phi) is 4.14. The Balaban J connectivity index is 1.95. The van der Waals surface area contributed by atoms with Crippen LogP contribution in [0.3, 0.4) is 0 Å². The molecule has 134 valence electrons. The van der Waals surface area contributed by atoms with Crippen LogP contribution in [-0.2, 0) is 0 Å². The maximum atomic E-state index is 9.71. The van der Waals surface area contributed by atoms with E-state index >= 15 is 0 Å². The normalized spacial score (nSPS) is 15.9. The van der Waals surface area contributed by atoms with Gasteiger partial charge in [0.05, 0.1) is 22.9 Å². The minimum absolute atomic E-state index is 0.0961. The Labute approximate surface area is 162 Å². The molecule has 5 nitrogen and oxygen atoms in total. The van der Waals surface area contributed by atoms with E-state index in [9.17, 15) is 5.26 Å². The van der Waals surface area contributed by atoms with Gasteiger partial charge in [-0.3, -0.25) is 0 Å². The molecule has 1 aliphatic heterocycles. The van der Waals surface area contributed by atoms with Gasteiger partial charge in [-0.25, -0.2) is 4.68 Å². The molecular formula is C21H17ClN4O. The van der Waals surface area contributed by atoms with Crippen molar-refractivity contribution >= 4 is 11.6 Å². The number of aromatic nitrogens is 2. The van der Waals surface area contributed by atoms with Crippen molar-refractivity contribution < 1.29 is 4.74 Å². The summed E-state index contributed by atoms with van der Waals surface area (Å²) in [5.41, 5.74) is 11.0. The number of ether oxygens (including phenoxy) is 1. The second-order valence-electron chi connectivity index (χ2n) is 6.53. The average molecular weight is 377 g/mol. The standard InChI is InChI=1S/C21H17ClN4O/c1-12-6-8-14(9-7-12)19-17(11-23)20(24)27-21-18(19)13(2)25-26(21)16-5-3-4-15(22)10-16/h3-10,19H,24H2,1-2H3/t19-/m1/s1. The van der Waals surface area contributed by atoms with Gasteiger partial charge in [0.15, 0.2) is 0 Å². The minimum atomic E-state index is -0.327. The van der Waals surface area contributed by atoms with Crippen LogP contribution in [0.15, 0.2) is 60.0 Å².